The summed E-state index contributed by atoms with van der Waals surface area (Å²) in [6, 6.07) is 0. The van der Waals surface area contributed by atoms with Crippen molar-refractivity contribution in [2.75, 3.05) is 0 Å². The molecule has 0 aliphatic carbocycles. The minimum atomic E-state index is 0.274. The summed E-state index contributed by atoms with van der Waals surface area (Å²) in [5.74, 6) is 1.71. The molecule has 0 aromatic carbocycles. The average molecular weight is 208 g/mol. The molecule has 0 amide bonds. The smallest absolute Gasteiger partial charge is 0.253 e. The number of ether oxygens (including phenoxy) is 1. The maximum absolute atomic E-state index is 5.41. The van der Waals surface area contributed by atoms with E-state index in [0.717, 1.165) is 6.54 Å². The molecule has 6 nitrogen and oxygen atoms in total. The van der Waals surface area contributed by atoms with Crippen molar-refractivity contribution in [2.45, 2.75) is 27.0 Å². The van der Waals surface area contributed by atoms with E-state index in [4.69, 9.17) is 9.15 Å². The second-order valence-electron chi connectivity index (χ2n) is 3.04. The van der Waals surface area contributed by atoms with Crippen LogP contribution in [0, 0.1) is 6.92 Å². The second-order valence-corrected chi connectivity index (χ2v) is 3.04. The molecule has 2 aromatic heterocycles. The zero-order valence-electron chi connectivity index (χ0n) is 8.67. The summed E-state index contributed by atoms with van der Waals surface area (Å²) in [5.41, 5.74) is 0. The van der Waals surface area contributed by atoms with E-state index in [1.54, 1.807) is 17.8 Å². The van der Waals surface area contributed by atoms with Crippen molar-refractivity contribution >= 4 is 0 Å². The lowest BCUT2D eigenvalue weighted by molar-refractivity contribution is 0.260. The van der Waals surface area contributed by atoms with Gasteiger partial charge in [0.05, 0.1) is 12.4 Å². The van der Waals surface area contributed by atoms with Crippen molar-refractivity contribution in [3.05, 3.63) is 24.2 Å². The average Bonchev–Trinajstić information content (AvgIpc) is 2.83. The zero-order valence-corrected chi connectivity index (χ0v) is 8.67. The van der Waals surface area contributed by atoms with E-state index < -0.39 is 0 Å². The Hall–Kier alpha value is -1.85. The van der Waals surface area contributed by atoms with Crippen LogP contribution in [0.2, 0.25) is 0 Å². The Balaban J connectivity index is 1.93. The van der Waals surface area contributed by atoms with Crippen LogP contribution in [0.1, 0.15) is 18.7 Å². The highest BCUT2D eigenvalue weighted by Gasteiger charge is 2.04. The fourth-order valence-electron chi connectivity index (χ4n) is 1.13. The molecule has 2 rings (SSSR count). The maximum Gasteiger partial charge on any atom is 0.253 e. The second kappa shape index (κ2) is 4.12. The molecule has 0 radical (unpaired) electrons. The molecule has 6 heteroatoms. The van der Waals surface area contributed by atoms with E-state index in [0.29, 0.717) is 17.5 Å². The Morgan fingerprint density at radius 1 is 1.47 bits per heavy atom. The first kappa shape index (κ1) is 9.70. The summed E-state index contributed by atoms with van der Waals surface area (Å²) < 4.78 is 12.4. The first-order chi connectivity index (χ1) is 7.28. The maximum atomic E-state index is 5.41. The van der Waals surface area contributed by atoms with Crippen LogP contribution in [0.3, 0.4) is 0 Å². The van der Waals surface area contributed by atoms with Gasteiger partial charge in [-0.2, -0.15) is 5.10 Å². The zero-order chi connectivity index (χ0) is 10.7. The summed E-state index contributed by atoms with van der Waals surface area (Å²) in [6.45, 7) is 4.85. The Bertz CT molecular complexity index is 435. The van der Waals surface area contributed by atoms with Crippen LogP contribution in [-0.2, 0) is 13.2 Å². The van der Waals surface area contributed by atoms with Crippen molar-refractivity contribution in [2.24, 2.45) is 0 Å². The molecule has 0 aliphatic heterocycles. The quantitative estimate of drug-likeness (QED) is 0.754. The van der Waals surface area contributed by atoms with Crippen molar-refractivity contribution in [1.29, 1.82) is 0 Å². The molecule has 0 aliphatic rings. The van der Waals surface area contributed by atoms with Gasteiger partial charge in [-0.25, -0.2) is 0 Å². The first-order valence-electron chi connectivity index (χ1n) is 4.72. The van der Waals surface area contributed by atoms with Gasteiger partial charge >= 0.3 is 0 Å². The van der Waals surface area contributed by atoms with Gasteiger partial charge in [0, 0.05) is 13.5 Å². The monoisotopic (exact) mass is 208 g/mol. The molecule has 0 N–H and O–H groups in total. The van der Waals surface area contributed by atoms with Gasteiger partial charge in [-0.15, -0.1) is 10.2 Å². The number of rotatable bonds is 4. The van der Waals surface area contributed by atoms with E-state index in [1.807, 2.05) is 13.1 Å². The third kappa shape index (κ3) is 2.34. The van der Waals surface area contributed by atoms with Gasteiger partial charge < -0.3 is 9.15 Å². The Morgan fingerprint density at radius 3 is 2.93 bits per heavy atom. The van der Waals surface area contributed by atoms with Crippen LogP contribution in [0.5, 0.6) is 5.75 Å². The molecule has 15 heavy (non-hydrogen) atoms. The summed E-state index contributed by atoms with van der Waals surface area (Å²) in [4.78, 5) is 0. The number of hydrogen-bond donors (Lipinski definition) is 0. The highest BCUT2D eigenvalue weighted by Crippen LogP contribution is 2.10. The largest absolute Gasteiger partial charge is 0.481 e. The van der Waals surface area contributed by atoms with Crippen LogP contribution < -0.4 is 4.74 Å². The van der Waals surface area contributed by atoms with Gasteiger partial charge in [-0.1, -0.05) is 0 Å². The summed E-state index contributed by atoms with van der Waals surface area (Å²) >= 11 is 0. The Kier molecular flexibility index (Phi) is 2.66. The highest BCUT2D eigenvalue weighted by molar-refractivity contribution is 5.11. The molecule has 0 unspecified atom stereocenters. The number of aryl methyl sites for hydroxylation is 2. The lowest BCUT2D eigenvalue weighted by Gasteiger charge is -1.97. The standard InChI is InChI=1S/C9H12N4O2/c1-3-13-5-8(4-10-13)14-6-9-12-11-7(2)15-9/h4-5H,3,6H2,1-2H3. The van der Waals surface area contributed by atoms with E-state index in [1.165, 1.54) is 0 Å². The summed E-state index contributed by atoms with van der Waals surface area (Å²) in [5, 5.41) is 11.6. The van der Waals surface area contributed by atoms with Crippen molar-refractivity contribution in [1.82, 2.24) is 20.0 Å². The normalized spacial score (nSPS) is 10.5. The van der Waals surface area contributed by atoms with Gasteiger partial charge in [-0.3, -0.25) is 4.68 Å². The third-order valence-corrected chi connectivity index (χ3v) is 1.86. The van der Waals surface area contributed by atoms with Crippen LogP contribution in [0.25, 0.3) is 0 Å². The summed E-state index contributed by atoms with van der Waals surface area (Å²) in [7, 11) is 0. The lowest BCUT2D eigenvalue weighted by atomic mass is 10.6. The lowest BCUT2D eigenvalue weighted by Crippen LogP contribution is -1.95. The highest BCUT2D eigenvalue weighted by atomic mass is 16.5. The summed E-state index contributed by atoms with van der Waals surface area (Å²) in [6.07, 6.45) is 3.48. The molecule has 0 bridgehead atoms. The molecule has 0 atom stereocenters. The van der Waals surface area contributed by atoms with Crippen molar-refractivity contribution in [3.8, 4) is 5.75 Å². The molecular formula is C9H12N4O2. The van der Waals surface area contributed by atoms with Crippen LogP contribution in [0.15, 0.2) is 16.8 Å². The van der Waals surface area contributed by atoms with E-state index in [2.05, 4.69) is 15.3 Å². The topological polar surface area (TPSA) is 66.0 Å². The van der Waals surface area contributed by atoms with Gasteiger partial charge in [0.2, 0.25) is 5.89 Å². The molecule has 2 aromatic rings. The van der Waals surface area contributed by atoms with Gasteiger partial charge in [-0.05, 0) is 6.92 Å². The molecule has 0 saturated carbocycles. The van der Waals surface area contributed by atoms with Gasteiger partial charge in [0.1, 0.15) is 0 Å². The van der Waals surface area contributed by atoms with Crippen molar-refractivity contribution < 1.29 is 9.15 Å². The SMILES string of the molecule is CCn1cc(OCc2nnc(C)o2)cn1. The fourth-order valence-corrected chi connectivity index (χ4v) is 1.13. The number of aromatic nitrogens is 4. The minimum absolute atomic E-state index is 0.274. The van der Waals surface area contributed by atoms with Crippen LogP contribution in [0.4, 0.5) is 0 Å². The van der Waals surface area contributed by atoms with Crippen molar-refractivity contribution in [3.63, 3.8) is 0 Å². The minimum Gasteiger partial charge on any atom is -0.481 e. The molecular weight excluding hydrogens is 196 g/mol. The third-order valence-electron chi connectivity index (χ3n) is 1.86. The van der Waals surface area contributed by atoms with Crippen LogP contribution in [-0.4, -0.2) is 20.0 Å². The molecule has 2 heterocycles. The fraction of sp³-hybridized carbons (Fsp3) is 0.444. The van der Waals surface area contributed by atoms with E-state index in [-0.39, 0.29) is 6.61 Å². The Labute approximate surface area is 86.9 Å². The van der Waals surface area contributed by atoms with Gasteiger partial charge in [0.25, 0.3) is 5.89 Å². The first-order valence-corrected chi connectivity index (χ1v) is 4.72. The van der Waals surface area contributed by atoms with Gasteiger partial charge in [0.15, 0.2) is 12.4 Å². The predicted molar refractivity (Wildman–Crippen MR) is 51.3 cm³/mol. The molecule has 0 spiro atoms. The molecule has 0 fully saturated rings. The van der Waals surface area contributed by atoms with Crippen LogP contribution >= 0.6 is 0 Å². The molecule has 0 saturated heterocycles. The van der Waals surface area contributed by atoms with E-state index in [9.17, 15) is 0 Å². The predicted octanol–water partition coefficient (Wildman–Crippen LogP) is 1.17. The number of hydrogen-bond acceptors (Lipinski definition) is 5. The molecule has 80 valence electrons. The Morgan fingerprint density at radius 2 is 2.33 bits per heavy atom. The van der Waals surface area contributed by atoms with E-state index >= 15 is 0 Å². The number of nitrogens with zero attached hydrogens (tertiary/aromatic N) is 4.